The monoisotopic (exact) mass is 163 g/mol. The highest BCUT2D eigenvalue weighted by Gasteiger charge is 2.23. The molecule has 1 amide bonds. The molecule has 1 aliphatic heterocycles. The molecule has 1 heterocycles. The van der Waals surface area contributed by atoms with E-state index in [4.69, 9.17) is 0 Å². The van der Waals surface area contributed by atoms with Crippen LogP contribution in [0.4, 0.5) is 0 Å². The second-order valence-corrected chi connectivity index (χ2v) is 3.54. The van der Waals surface area contributed by atoms with Gasteiger partial charge in [0.25, 0.3) is 5.91 Å². The average molecular weight is 163 g/mol. The molecule has 1 atom stereocenters. The number of nitrogens with one attached hydrogen (secondary N) is 1. The predicted molar refractivity (Wildman–Crippen MR) is 47.6 cm³/mol. The Morgan fingerprint density at radius 3 is 3.25 bits per heavy atom. The topological polar surface area (TPSA) is 29.1 Å². The maximum Gasteiger partial charge on any atom is 0.251 e. The summed E-state index contributed by atoms with van der Waals surface area (Å²) >= 11 is 0. The zero-order valence-corrected chi connectivity index (χ0v) is 7.26. The lowest BCUT2D eigenvalue weighted by atomic mass is 9.89. The number of hydrogen-bond acceptors (Lipinski definition) is 1. The van der Waals surface area contributed by atoms with E-state index in [9.17, 15) is 4.79 Å². The number of hydrogen-bond donors (Lipinski definition) is 1. The van der Waals surface area contributed by atoms with E-state index in [-0.39, 0.29) is 5.91 Å². The van der Waals surface area contributed by atoms with Crippen LogP contribution in [0.3, 0.4) is 0 Å². The lowest BCUT2D eigenvalue weighted by Crippen LogP contribution is -2.38. The van der Waals surface area contributed by atoms with Crippen molar-refractivity contribution in [2.45, 2.75) is 32.2 Å². The second kappa shape index (κ2) is 2.77. The summed E-state index contributed by atoms with van der Waals surface area (Å²) in [5, 5.41) is 2.93. The van der Waals surface area contributed by atoms with Crippen LogP contribution >= 0.6 is 0 Å². The van der Waals surface area contributed by atoms with Crippen molar-refractivity contribution >= 4 is 5.91 Å². The van der Waals surface area contributed by atoms with Gasteiger partial charge in [-0.2, -0.15) is 0 Å². The minimum absolute atomic E-state index is 0.111. The molecule has 0 saturated heterocycles. The Hall–Kier alpha value is -1.05. The first-order chi connectivity index (χ1) is 5.77. The van der Waals surface area contributed by atoms with Crippen LogP contribution in [0.25, 0.3) is 0 Å². The molecular weight excluding hydrogens is 150 g/mol. The highest BCUT2D eigenvalue weighted by atomic mass is 16.1. The maximum absolute atomic E-state index is 11.4. The van der Waals surface area contributed by atoms with Gasteiger partial charge in [-0.05, 0) is 26.2 Å². The van der Waals surface area contributed by atoms with Crippen LogP contribution in [0.5, 0.6) is 0 Å². The molecular formula is C10H13NO. The fourth-order valence-electron chi connectivity index (χ4n) is 1.88. The Labute approximate surface area is 72.3 Å². The number of amides is 1. The zero-order chi connectivity index (χ0) is 8.55. The minimum atomic E-state index is 0.111. The average Bonchev–Trinajstić information content (AvgIpc) is 2.04. The predicted octanol–water partition coefficient (Wildman–Crippen LogP) is 1.54. The van der Waals surface area contributed by atoms with E-state index >= 15 is 0 Å². The molecule has 2 nitrogen and oxygen atoms in total. The summed E-state index contributed by atoms with van der Waals surface area (Å²) in [6, 6.07) is 0.322. The Morgan fingerprint density at radius 1 is 1.58 bits per heavy atom. The van der Waals surface area contributed by atoms with E-state index in [1.54, 1.807) is 0 Å². The van der Waals surface area contributed by atoms with Gasteiger partial charge in [0.1, 0.15) is 0 Å². The molecule has 1 N–H and O–H groups in total. The fraction of sp³-hybridized carbons (Fsp3) is 0.500. The molecule has 2 rings (SSSR count). The largest absolute Gasteiger partial charge is 0.349 e. The summed E-state index contributed by atoms with van der Waals surface area (Å²) in [5.41, 5.74) is 2.26. The molecule has 2 aliphatic rings. The van der Waals surface area contributed by atoms with Gasteiger partial charge in [0.05, 0.1) is 0 Å². The summed E-state index contributed by atoms with van der Waals surface area (Å²) in [6.07, 6.45) is 7.24. The smallest absolute Gasteiger partial charge is 0.251 e. The van der Waals surface area contributed by atoms with Gasteiger partial charge in [0.15, 0.2) is 0 Å². The van der Waals surface area contributed by atoms with Gasteiger partial charge >= 0.3 is 0 Å². The van der Waals surface area contributed by atoms with E-state index < -0.39 is 0 Å². The Balaban J connectivity index is 2.33. The molecule has 0 aromatic carbocycles. The summed E-state index contributed by atoms with van der Waals surface area (Å²) in [4.78, 5) is 11.4. The van der Waals surface area contributed by atoms with Gasteiger partial charge in [0, 0.05) is 11.6 Å². The molecule has 0 aromatic rings. The molecule has 0 aromatic heterocycles. The van der Waals surface area contributed by atoms with E-state index in [0.29, 0.717) is 6.04 Å². The van der Waals surface area contributed by atoms with Crippen LogP contribution in [0.2, 0.25) is 0 Å². The Bertz CT molecular complexity index is 276. The molecule has 0 spiro atoms. The number of carbonyl (C=O) groups is 1. The fourth-order valence-corrected chi connectivity index (χ4v) is 1.88. The SMILES string of the molecule is CC1CC2=C(C=CCC2)C(=O)N1. The molecule has 12 heavy (non-hydrogen) atoms. The van der Waals surface area contributed by atoms with Crippen LogP contribution in [0.1, 0.15) is 26.2 Å². The van der Waals surface area contributed by atoms with Crippen molar-refractivity contribution in [1.29, 1.82) is 0 Å². The molecule has 2 heteroatoms. The van der Waals surface area contributed by atoms with Gasteiger partial charge < -0.3 is 5.32 Å². The molecule has 0 radical (unpaired) electrons. The lowest BCUT2D eigenvalue weighted by Gasteiger charge is -2.25. The third-order valence-electron chi connectivity index (χ3n) is 2.45. The van der Waals surface area contributed by atoms with E-state index in [1.807, 2.05) is 6.08 Å². The van der Waals surface area contributed by atoms with Crippen molar-refractivity contribution in [1.82, 2.24) is 5.32 Å². The van der Waals surface area contributed by atoms with Crippen LogP contribution < -0.4 is 5.32 Å². The Morgan fingerprint density at radius 2 is 2.42 bits per heavy atom. The van der Waals surface area contributed by atoms with E-state index in [2.05, 4.69) is 18.3 Å². The van der Waals surface area contributed by atoms with Crippen LogP contribution in [-0.2, 0) is 4.79 Å². The first-order valence-corrected chi connectivity index (χ1v) is 4.47. The van der Waals surface area contributed by atoms with Gasteiger partial charge in [0.2, 0.25) is 0 Å². The van der Waals surface area contributed by atoms with Crippen LogP contribution in [0.15, 0.2) is 23.3 Å². The van der Waals surface area contributed by atoms with Crippen molar-refractivity contribution in [3.05, 3.63) is 23.3 Å². The summed E-state index contributed by atoms with van der Waals surface area (Å²) < 4.78 is 0. The molecule has 0 fully saturated rings. The number of rotatable bonds is 0. The molecule has 64 valence electrons. The van der Waals surface area contributed by atoms with Gasteiger partial charge in [-0.25, -0.2) is 0 Å². The minimum Gasteiger partial charge on any atom is -0.349 e. The van der Waals surface area contributed by atoms with Crippen molar-refractivity contribution in [3.63, 3.8) is 0 Å². The van der Waals surface area contributed by atoms with E-state index in [1.165, 1.54) is 5.57 Å². The molecule has 1 unspecified atom stereocenters. The van der Waals surface area contributed by atoms with Crippen molar-refractivity contribution in [3.8, 4) is 0 Å². The highest BCUT2D eigenvalue weighted by molar-refractivity contribution is 5.98. The Kier molecular flexibility index (Phi) is 1.75. The van der Waals surface area contributed by atoms with E-state index in [0.717, 1.165) is 24.8 Å². The van der Waals surface area contributed by atoms with Gasteiger partial charge in [-0.1, -0.05) is 17.7 Å². The zero-order valence-electron chi connectivity index (χ0n) is 7.26. The van der Waals surface area contributed by atoms with Crippen molar-refractivity contribution < 1.29 is 4.79 Å². The number of carbonyl (C=O) groups excluding carboxylic acids is 1. The standard InChI is InChI=1S/C10H13NO/c1-7-6-8-4-2-3-5-9(8)10(12)11-7/h3,5,7H,2,4,6H2,1H3,(H,11,12). The first-order valence-electron chi connectivity index (χ1n) is 4.47. The quantitative estimate of drug-likeness (QED) is 0.576. The van der Waals surface area contributed by atoms with Crippen molar-refractivity contribution in [2.75, 3.05) is 0 Å². The van der Waals surface area contributed by atoms with Crippen LogP contribution in [-0.4, -0.2) is 11.9 Å². The summed E-state index contributed by atoms with van der Waals surface area (Å²) in [7, 11) is 0. The maximum atomic E-state index is 11.4. The van der Waals surface area contributed by atoms with Crippen LogP contribution in [0, 0.1) is 0 Å². The highest BCUT2D eigenvalue weighted by Crippen LogP contribution is 2.26. The summed E-state index contributed by atoms with van der Waals surface area (Å²) in [6.45, 7) is 2.06. The second-order valence-electron chi connectivity index (χ2n) is 3.54. The number of allylic oxidation sites excluding steroid dienone is 1. The molecule has 1 aliphatic carbocycles. The normalized spacial score (nSPS) is 28.4. The summed E-state index contributed by atoms with van der Waals surface area (Å²) in [5.74, 6) is 0.111. The van der Waals surface area contributed by atoms with Gasteiger partial charge in [-0.15, -0.1) is 0 Å². The first kappa shape index (κ1) is 7.59. The van der Waals surface area contributed by atoms with Crippen molar-refractivity contribution in [2.24, 2.45) is 0 Å². The third-order valence-corrected chi connectivity index (χ3v) is 2.45. The molecule has 0 bridgehead atoms. The third kappa shape index (κ3) is 1.17. The molecule has 0 saturated carbocycles. The lowest BCUT2D eigenvalue weighted by molar-refractivity contribution is -0.118. The van der Waals surface area contributed by atoms with Gasteiger partial charge in [-0.3, -0.25) is 4.79 Å².